The minimum atomic E-state index is 1.12. The first kappa shape index (κ1) is 13.7. The molecule has 0 aliphatic heterocycles. The van der Waals surface area contributed by atoms with Gasteiger partial charge in [0.2, 0.25) is 0 Å². The van der Waals surface area contributed by atoms with Crippen LogP contribution in [0.15, 0.2) is 71.6 Å². The third-order valence-corrected chi connectivity index (χ3v) is 3.57. The molecule has 0 saturated carbocycles. The van der Waals surface area contributed by atoms with Gasteiger partial charge in [0.1, 0.15) is 0 Å². The van der Waals surface area contributed by atoms with Gasteiger partial charge in [0.25, 0.3) is 0 Å². The van der Waals surface area contributed by atoms with Crippen LogP contribution in [-0.2, 0) is 0 Å². The predicted molar refractivity (Wildman–Crippen MR) is 87.4 cm³/mol. The number of benzene rings is 2. The molecule has 1 heteroatoms. The molecule has 0 N–H and O–H groups in total. The first-order valence-corrected chi connectivity index (χ1v) is 7.49. The average Bonchev–Trinajstić information content (AvgIpc) is 2.47. The van der Waals surface area contributed by atoms with Crippen LogP contribution in [0.25, 0.3) is 12.2 Å². The number of allylic oxidation sites excluding steroid dienone is 2. The first-order chi connectivity index (χ1) is 9.38. The van der Waals surface area contributed by atoms with Crippen molar-refractivity contribution in [2.24, 2.45) is 0 Å². The Hall–Kier alpha value is -1.73. The Morgan fingerprint density at radius 3 is 1.95 bits per heavy atom. The summed E-state index contributed by atoms with van der Waals surface area (Å²) in [4.78, 5) is 1.33. The van der Waals surface area contributed by atoms with Crippen LogP contribution in [-0.4, -0.2) is 5.75 Å². The second kappa shape index (κ2) is 7.65. The van der Waals surface area contributed by atoms with E-state index in [4.69, 9.17) is 0 Å². The lowest BCUT2D eigenvalue weighted by Gasteiger charge is -1.98. The van der Waals surface area contributed by atoms with Gasteiger partial charge in [-0.2, -0.15) is 0 Å². The number of hydrogen-bond donors (Lipinski definition) is 0. The second-order valence-corrected chi connectivity index (χ2v) is 5.47. The first-order valence-electron chi connectivity index (χ1n) is 6.51. The normalized spacial score (nSPS) is 11.4. The summed E-state index contributed by atoms with van der Waals surface area (Å²) < 4.78 is 0. The van der Waals surface area contributed by atoms with Gasteiger partial charge in [-0.3, -0.25) is 0 Å². The zero-order valence-electron chi connectivity index (χ0n) is 11.1. The molecule has 0 saturated heterocycles. The lowest BCUT2D eigenvalue weighted by atomic mass is 10.2. The summed E-state index contributed by atoms with van der Waals surface area (Å²) in [5.74, 6) is 1.12. The quantitative estimate of drug-likeness (QED) is 0.507. The highest BCUT2D eigenvalue weighted by molar-refractivity contribution is 7.99. The summed E-state index contributed by atoms with van der Waals surface area (Å²) in [6.45, 7) is 2.17. The molecule has 0 radical (unpaired) electrons. The Morgan fingerprint density at radius 2 is 1.37 bits per heavy atom. The number of rotatable bonds is 5. The van der Waals surface area contributed by atoms with Crippen LogP contribution in [0.5, 0.6) is 0 Å². The molecule has 96 valence electrons. The van der Waals surface area contributed by atoms with Crippen molar-refractivity contribution in [3.63, 3.8) is 0 Å². The Kier molecular flexibility index (Phi) is 5.51. The predicted octanol–water partition coefficient (Wildman–Crippen LogP) is 5.53. The van der Waals surface area contributed by atoms with E-state index in [1.165, 1.54) is 16.0 Å². The maximum atomic E-state index is 2.18. The van der Waals surface area contributed by atoms with Gasteiger partial charge in [0.15, 0.2) is 0 Å². The summed E-state index contributed by atoms with van der Waals surface area (Å²) >= 11 is 1.87. The summed E-state index contributed by atoms with van der Waals surface area (Å²) in [5, 5.41) is 0. The van der Waals surface area contributed by atoms with E-state index >= 15 is 0 Å². The van der Waals surface area contributed by atoms with Crippen molar-refractivity contribution in [3.8, 4) is 0 Å². The molecule has 2 rings (SSSR count). The zero-order chi connectivity index (χ0) is 13.3. The Bertz CT molecular complexity index is 536. The molecular formula is C18H18S. The van der Waals surface area contributed by atoms with Crippen LogP contribution < -0.4 is 0 Å². The number of thioether (sulfide) groups is 1. The molecule has 0 amide bonds. The van der Waals surface area contributed by atoms with Gasteiger partial charge in [-0.1, -0.05) is 73.7 Å². The largest absolute Gasteiger partial charge is 0.126 e. The SMILES string of the molecule is CCSc1ccc(/C=C/C=C/c2ccccc2)cc1. The van der Waals surface area contributed by atoms with E-state index in [-0.39, 0.29) is 0 Å². The lowest BCUT2D eigenvalue weighted by molar-refractivity contribution is 1.42. The van der Waals surface area contributed by atoms with Gasteiger partial charge in [-0.25, -0.2) is 0 Å². The van der Waals surface area contributed by atoms with Crippen LogP contribution >= 0.6 is 11.8 Å². The summed E-state index contributed by atoms with van der Waals surface area (Å²) in [6.07, 6.45) is 8.39. The maximum Gasteiger partial charge on any atom is 0.00722 e. The summed E-state index contributed by atoms with van der Waals surface area (Å²) in [5.41, 5.74) is 2.46. The van der Waals surface area contributed by atoms with E-state index in [2.05, 4.69) is 67.6 Å². The smallest absolute Gasteiger partial charge is 0.00722 e. The minimum absolute atomic E-state index is 1.12. The summed E-state index contributed by atoms with van der Waals surface area (Å²) in [6, 6.07) is 19.0. The molecule has 0 aromatic heterocycles. The molecule has 2 aromatic rings. The maximum absolute atomic E-state index is 2.18. The zero-order valence-corrected chi connectivity index (χ0v) is 11.9. The topological polar surface area (TPSA) is 0 Å². The number of hydrogen-bond acceptors (Lipinski definition) is 1. The molecule has 19 heavy (non-hydrogen) atoms. The molecule has 2 aromatic carbocycles. The highest BCUT2D eigenvalue weighted by Crippen LogP contribution is 2.18. The molecule has 0 atom stereocenters. The van der Waals surface area contributed by atoms with E-state index in [0.717, 1.165) is 5.75 Å². The third-order valence-electron chi connectivity index (χ3n) is 2.68. The third kappa shape index (κ3) is 4.80. The van der Waals surface area contributed by atoms with Gasteiger partial charge >= 0.3 is 0 Å². The Balaban J connectivity index is 1.93. The van der Waals surface area contributed by atoms with E-state index in [1.807, 2.05) is 30.0 Å². The van der Waals surface area contributed by atoms with Crippen LogP contribution in [0.3, 0.4) is 0 Å². The highest BCUT2D eigenvalue weighted by atomic mass is 32.2. The highest BCUT2D eigenvalue weighted by Gasteiger charge is 1.90. The van der Waals surface area contributed by atoms with Crippen LogP contribution in [0, 0.1) is 0 Å². The van der Waals surface area contributed by atoms with E-state index in [1.54, 1.807) is 0 Å². The fourth-order valence-electron chi connectivity index (χ4n) is 1.74. The van der Waals surface area contributed by atoms with Crippen molar-refractivity contribution in [3.05, 3.63) is 77.9 Å². The molecular weight excluding hydrogens is 248 g/mol. The van der Waals surface area contributed by atoms with Gasteiger partial charge in [-0.15, -0.1) is 11.8 Å². The van der Waals surface area contributed by atoms with E-state index in [9.17, 15) is 0 Å². The van der Waals surface area contributed by atoms with E-state index in [0.29, 0.717) is 0 Å². The molecule has 0 aliphatic carbocycles. The average molecular weight is 266 g/mol. The molecule has 0 spiro atoms. The fourth-order valence-corrected chi connectivity index (χ4v) is 2.40. The van der Waals surface area contributed by atoms with Crippen LogP contribution in [0.4, 0.5) is 0 Å². The van der Waals surface area contributed by atoms with Crippen molar-refractivity contribution in [1.82, 2.24) is 0 Å². The van der Waals surface area contributed by atoms with Gasteiger partial charge in [0.05, 0.1) is 0 Å². The molecule has 0 aliphatic rings. The molecule has 0 bridgehead atoms. The van der Waals surface area contributed by atoms with Crippen LogP contribution in [0.2, 0.25) is 0 Å². The molecule has 0 unspecified atom stereocenters. The van der Waals surface area contributed by atoms with Gasteiger partial charge < -0.3 is 0 Å². The molecule has 0 nitrogen and oxygen atoms in total. The van der Waals surface area contributed by atoms with Crippen molar-refractivity contribution in [2.45, 2.75) is 11.8 Å². The monoisotopic (exact) mass is 266 g/mol. The minimum Gasteiger partial charge on any atom is -0.126 e. The second-order valence-electron chi connectivity index (χ2n) is 4.13. The standard InChI is InChI=1S/C18H18S/c1-2-19-18-14-12-17(13-15-18)11-7-6-10-16-8-4-3-5-9-16/h3-15H,2H2,1H3/b10-6+,11-7+. The van der Waals surface area contributed by atoms with Crippen LogP contribution in [0.1, 0.15) is 18.1 Å². The Morgan fingerprint density at radius 1 is 0.789 bits per heavy atom. The van der Waals surface area contributed by atoms with Crippen molar-refractivity contribution in [1.29, 1.82) is 0 Å². The van der Waals surface area contributed by atoms with Gasteiger partial charge in [0, 0.05) is 4.90 Å². The van der Waals surface area contributed by atoms with E-state index < -0.39 is 0 Å². The van der Waals surface area contributed by atoms with Crippen molar-refractivity contribution >= 4 is 23.9 Å². The van der Waals surface area contributed by atoms with Crippen molar-refractivity contribution < 1.29 is 0 Å². The lowest BCUT2D eigenvalue weighted by Crippen LogP contribution is -1.74. The summed E-state index contributed by atoms with van der Waals surface area (Å²) in [7, 11) is 0. The molecule has 0 fully saturated rings. The van der Waals surface area contributed by atoms with Gasteiger partial charge in [-0.05, 0) is 29.0 Å². The molecule has 0 heterocycles. The Labute approximate surface area is 119 Å². The van der Waals surface area contributed by atoms with Crippen molar-refractivity contribution in [2.75, 3.05) is 5.75 Å². The fraction of sp³-hybridized carbons (Fsp3) is 0.111.